The summed E-state index contributed by atoms with van der Waals surface area (Å²) < 4.78 is 5.82. The summed E-state index contributed by atoms with van der Waals surface area (Å²) in [4.78, 5) is 0. The molecule has 0 atom stereocenters. The Hall–Kier alpha value is -1.96. The van der Waals surface area contributed by atoms with E-state index in [0.29, 0.717) is 0 Å². The molecule has 2 nitrogen and oxygen atoms in total. The van der Waals surface area contributed by atoms with Gasteiger partial charge in [0.25, 0.3) is 0 Å². The minimum atomic E-state index is 0.753. The highest BCUT2D eigenvalue weighted by atomic mass is 16.5. The topological polar surface area (TPSA) is 35.2 Å². The van der Waals surface area contributed by atoms with Gasteiger partial charge >= 0.3 is 0 Å². The lowest BCUT2D eigenvalue weighted by molar-refractivity contribution is 0.482. The zero-order chi connectivity index (χ0) is 17.0. The van der Waals surface area contributed by atoms with Gasteiger partial charge in [0, 0.05) is 5.69 Å². The lowest BCUT2D eigenvalue weighted by Gasteiger charge is -2.07. The zero-order valence-corrected chi connectivity index (χ0v) is 15.0. The van der Waals surface area contributed by atoms with Crippen LogP contribution in [-0.2, 0) is 6.42 Å². The van der Waals surface area contributed by atoms with Crippen molar-refractivity contribution in [3.8, 4) is 11.5 Å². The van der Waals surface area contributed by atoms with Crippen LogP contribution < -0.4 is 10.5 Å². The van der Waals surface area contributed by atoms with E-state index in [1.165, 1.54) is 56.9 Å². The molecule has 0 aliphatic heterocycles. The molecule has 24 heavy (non-hydrogen) atoms. The number of benzene rings is 2. The molecule has 130 valence electrons. The molecule has 2 aromatic carbocycles. The van der Waals surface area contributed by atoms with E-state index in [1.807, 2.05) is 24.3 Å². The minimum absolute atomic E-state index is 0.753. The Morgan fingerprint density at radius 2 is 1.17 bits per heavy atom. The molecule has 0 unspecified atom stereocenters. The molecule has 0 spiro atoms. The number of hydrogen-bond donors (Lipinski definition) is 1. The van der Waals surface area contributed by atoms with Gasteiger partial charge in [-0.3, -0.25) is 0 Å². The summed E-state index contributed by atoms with van der Waals surface area (Å²) in [6.07, 6.45) is 12.1. The average molecular weight is 325 g/mol. The molecule has 0 aromatic heterocycles. The van der Waals surface area contributed by atoms with Gasteiger partial charge < -0.3 is 10.5 Å². The van der Waals surface area contributed by atoms with Gasteiger partial charge in [0.2, 0.25) is 0 Å². The highest BCUT2D eigenvalue weighted by Gasteiger charge is 1.99. The summed E-state index contributed by atoms with van der Waals surface area (Å²) in [6, 6.07) is 15.9. The van der Waals surface area contributed by atoms with Crippen LogP contribution in [0.1, 0.15) is 63.9 Å². The highest BCUT2D eigenvalue weighted by molar-refractivity contribution is 5.43. The van der Waals surface area contributed by atoms with Crippen LogP contribution in [0.2, 0.25) is 0 Å². The second kappa shape index (κ2) is 10.7. The number of aryl methyl sites for hydroxylation is 1. The van der Waals surface area contributed by atoms with Gasteiger partial charge in [-0.2, -0.15) is 0 Å². The van der Waals surface area contributed by atoms with Crippen molar-refractivity contribution in [3.63, 3.8) is 0 Å². The molecule has 0 aliphatic carbocycles. The Morgan fingerprint density at radius 1 is 0.667 bits per heavy atom. The maximum absolute atomic E-state index is 5.82. The summed E-state index contributed by atoms with van der Waals surface area (Å²) in [5.41, 5.74) is 7.83. The SMILES string of the molecule is CCCCCCCCCCc1ccc(Oc2ccc(N)cc2)cc1. The van der Waals surface area contributed by atoms with Crippen LogP contribution in [0, 0.1) is 0 Å². The molecule has 0 saturated heterocycles. The lowest BCUT2D eigenvalue weighted by atomic mass is 10.0. The number of unbranched alkanes of at least 4 members (excludes halogenated alkanes) is 7. The van der Waals surface area contributed by atoms with Crippen molar-refractivity contribution in [3.05, 3.63) is 54.1 Å². The summed E-state index contributed by atoms with van der Waals surface area (Å²) in [5.74, 6) is 1.69. The Bertz CT molecular complexity index is 560. The third kappa shape index (κ3) is 7.08. The molecule has 0 radical (unpaired) electrons. The number of nitrogen functional groups attached to an aromatic ring is 1. The van der Waals surface area contributed by atoms with Gasteiger partial charge in [0.1, 0.15) is 11.5 Å². The van der Waals surface area contributed by atoms with Gasteiger partial charge in [0.05, 0.1) is 0 Å². The fourth-order valence-corrected chi connectivity index (χ4v) is 2.86. The standard InChI is InChI=1S/C22H31NO/c1-2-3-4-5-6-7-8-9-10-19-11-15-21(16-12-19)24-22-17-13-20(23)14-18-22/h11-18H,2-10,23H2,1H3. The van der Waals surface area contributed by atoms with E-state index in [2.05, 4.69) is 31.2 Å². The summed E-state index contributed by atoms with van der Waals surface area (Å²) in [5, 5.41) is 0. The van der Waals surface area contributed by atoms with E-state index in [0.717, 1.165) is 23.6 Å². The van der Waals surface area contributed by atoms with Crippen molar-refractivity contribution < 1.29 is 4.74 Å². The molecule has 0 aliphatic rings. The first-order valence-corrected chi connectivity index (χ1v) is 9.40. The van der Waals surface area contributed by atoms with E-state index in [9.17, 15) is 0 Å². The van der Waals surface area contributed by atoms with Crippen LogP contribution in [-0.4, -0.2) is 0 Å². The van der Waals surface area contributed by atoms with Crippen LogP contribution in [0.5, 0.6) is 11.5 Å². The first kappa shape index (κ1) is 18.4. The zero-order valence-electron chi connectivity index (χ0n) is 15.0. The molecule has 2 rings (SSSR count). The van der Waals surface area contributed by atoms with Crippen LogP contribution in [0.15, 0.2) is 48.5 Å². The number of rotatable bonds is 11. The van der Waals surface area contributed by atoms with Crippen molar-refractivity contribution in [1.29, 1.82) is 0 Å². The molecule has 0 fully saturated rings. The summed E-state index contributed by atoms with van der Waals surface area (Å²) >= 11 is 0. The normalized spacial score (nSPS) is 10.7. The highest BCUT2D eigenvalue weighted by Crippen LogP contribution is 2.23. The maximum atomic E-state index is 5.82. The number of nitrogens with two attached hydrogens (primary N) is 1. The van der Waals surface area contributed by atoms with Crippen molar-refractivity contribution in [2.45, 2.75) is 64.7 Å². The third-order valence-corrected chi connectivity index (χ3v) is 4.36. The van der Waals surface area contributed by atoms with E-state index in [1.54, 1.807) is 0 Å². The molecule has 0 amide bonds. The van der Waals surface area contributed by atoms with Gasteiger partial charge in [-0.25, -0.2) is 0 Å². The van der Waals surface area contributed by atoms with Gasteiger partial charge in [-0.1, -0.05) is 64.0 Å². The quantitative estimate of drug-likeness (QED) is 0.366. The lowest BCUT2D eigenvalue weighted by Crippen LogP contribution is -1.89. The Kier molecular flexibility index (Phi) is 8.23. The fourth-order valence-electron chi connectivity index (χ4n) is 2.86. The Balaban J connectivity index is 1.64. The molecule has 0 saturated carbocycles. The second-order valence-electron chi connectivity index (χ2n) is 6.54. The summed E-state index contributed by atoms with van der Waals surface area (Å²) in [7, 11) is 0. The van der Waals surface area contributed by atoms with E-state index in [-0.39, 0.29) is 0 Å². The molecule has 2 N–H and O–H groups in total. The predicted octanol–water partition coefficient (Wildman–Crippen LogP) is 6.74. The third-order valence-electron chi connectivity index (χ3n) is 4.36. The van der Waals surface area contributed by atoms with Crippen LogP contribution in [0.25, 0.3) is 0 Å². The molecule has 0 bridgehead atoms. The molecule has 0 heterocycles. The van der Waals surface area contributed by atoms with Crippen molar-refractivity contribution in [1.82, 2.24) is 0 Å². The van der Waals surface area contributed by atoms with Gasteiger partial charge in [-0.05, 0) is 54.8 Å². The van der Waals surface area contributed by atoms with E-state index < -0.39 is 0 Å². The fraction of sp³-hybridized carbons (Fsp3) is 0.455. The van der Waals surface area contributed by atoms with E-state index >= 15 is 0 Å². The van der Waals surface area contributed by atoms with Crippen LogP contribution in [0.3, 0.4) is 0 Å². The molecular weight excluding hydrogens is 294 g/mol. The smallest absolute Gasteiger partial charge is 0.127 e. The molecular formula is C22H31NO. The Morgan fingerprint density at radius 3 is 1.75 bits per heavy atom. The van der Waals surface area contributed by atoms with Crippen molar-refractivity contribution >= 4 is 5.69 Å². The van der Waals surface area contributed by atoms with Crippen molar-refractivity contribution in [2.24, 2.45) is 0 Å². The number of anilines is 1. The van der Waals surface area contributed by atoms with Crippen molar-refractivity contribution in [2.75, 3.05) is 5.73 Å². The van der Waals surface area contributed by atoms with Crippen LogP contribution in [0.4, 0.5) is 5.69 Å². The minimum Gasteiger partial charge on any atom is -0.457 e. The van der Waals surface area contributed by atoms with Gasteiger partial charge in [-0.15, -0.1) is 0 Å². The van der Waals surface area contributed by atoms with Gasteiger partial charge in [0.15, 0.2) is 0 Å². The molecule has 2 heteroatoms. The number of hydrogen-bond acceptors (Lipinski definition) is 2. The average Bonchev–Trinajstić information content (AvgIpc) is 2.61. The predicted molar refractivity (Wildman–Crippen MR) is 104 cm³/mol. The van der Waals surface area contributed by atoms with Crippen LogP contribution >= 0.6 is 0 Å². The molecule has 2 aromatic rings. The Labute approximate surface area is 147 Å². The first-order valence-electron chi connectivity index (χ1n) is 9.40. The second-order valence-corrected chi connectivity index (χ2v) is 6.54. The largest absolute Gasteiger partial charge is 0.457 e. The summed E-state index contributed by atoms with van der Waals surface area (Å²) in [6.45, 7) is 2.27. The number of ether oxygens (including phenoxy) is 1. The first-order chi connectivity index (χ1) is 11.8. The maximum Gasteiger partial charge on any atom is 0.127 e. The van der Waals surface area contributed by atoms with E-state index in [4.69, 9.17) is 10.5 Å². The monoisotopic (exact) mass is 325 g/mol.